The first-order chi connectivity index (χ1) is 9.80. The van der Waals surface area contributed by atoms with Crippen molar-refractivity contribution in [2.45, 2.75) is 24.5 Å². The van der Waals surface area contributed by atoms with Gasteiger partial charge in [-0.1, -0.05) is 0 Å². The molecule has 1 saturated heterocycles. The summed E-state index contributed by atoms with van der Waals surface area (Å²) in [5.74, 6) is -0.911. The molecule has 0 saturated carbocycles. The van der Waals surface area contributed by atoms with Crippen LogP contribution in [0.2, 0.25) is 0 Å². The number of aliphatic hydroxyl groups is 1. The van der Waals surface area contributed by atoms with Crippen LogP contribution in [0.1, 0.15) is 6.23 Å². The number of rotatable bonds is 3. The molecule has 0 aromatic carbocycles. The third kappa shape index (κ3) is 2.48. The van der Waals surface area contributed by atoms with Crippen LogP contribution in [-0.4, -0.2) is 49.4 Å². The molecule has 12 heteroatoms. The Morgan fingerprint density at radius 1 is 1.57 bits per heavy atom. The molecule has 0 amide bonds. The Morgan fingerprint density at radius 3 is 2.90 bits per heavy atom. The molecule has 1 aromatic heterocycles. The highest BCUT2D eigenvalue weighted by Crippen LogP contribution is 2.47. The van der Waals surface area contributed by atoms with E-state index in [2.05, 4.69) is 9.51 Å². The molecule has 0 radical (unpaired) electrons. The van der Waals surface area contributed by atoms with Crippen molar-refractivity contribution in [2.75, 3.05) is 6.61 Å². The SMILES string of the molecule is N=c1nc2n(cc1F)[C@@H]1O[C@H](CO)[C@@H](OP(=O)(O)O)[C@H]1O2. The van der Waals surface area contributed by atoms with Crippen molar-refractivity contribution in [3.63, 3.8) is 0 Å². The van der Waals surface area contributed by atoms with Gasteiger partial charge in [0, 0.05) is 0 Å². The van der Waals surface area contributed by atoms with Crippen LogP contribution in [0.25, 0.3) is 0 Å². The van der Waals surface area contributed by atoms with Crippen LogP contribution in [0.15, 0.2) is 6.20 Å². The first kappa shape index (κ1) is 14.6. The minimum Gasteiger partial charge on any atom is -0.453 e. The molecular formula is C9H11FN3O7P. The quantitative estimate of drug-likeness (QED) is 0.498. The lowest BCUT2D eigenvalue weighted by molar-refractivity contribution is -0.0430. The first-order valence-electron chi connectivity index (χ1n) is 5.80. The van der Waals surface area contributed by atoms with Crippen LogP contribution < -0.4 is 10.2 Å². The zero-order valence-corrected chi connectivity index (χ0v) is 11.2. The monoisotopic (exact) mass is 323 g/mol. The minimum absolute atomic E-state index is 0.132. The van der Waals surface area contributed by atoms with Crippen molar-refractivity contribution < 1.29 is 37.8 Å². The predicted octanol–water partition coefficient (Wildman–Crippen LogP) is -1.37. The molecule has 3 heterocycles. The van der Waals surface area contributed by atoms with E-state index >= 15 is 0 Å². The molecule has 0 unspecified atom stereocenters. The van der Waals surface area contributed by atoms with Crippen molar-refractivity contribution >= 4 is 7.82 Å². The second kappa shape index (κ2) is 4.83. The Bertz CT molecular complexity index is 676. The van der Waals surface area contributed by atoms with Crippen molar-refractivity contribution in [3.8, 4) is 6.01 Å². The number of halogens is 1. The maximum atomic E-state index is 13.4. The van der Waals surface area contributed by atoms with Crippen LogP contribution >= 0.6 is 7.82 Å². The molecule has 0 spiro atoms. The summed E-state index contributed by atoms with van der Waals surface area (Å²) in [6, 6.07) is -0.132. The van der Waals surface area contributed by atoms with Gasteiger partial charge < -0.3 is 24.4 Å². The van der Waals surface area contributed by atoms with Crippen molar-refractivity contribution in [1.82, 2.24) is 9.55 Å². The van der Waals surface area contributed by atoms with Gasteiger partial charge in [-0.05, 0) is 0 Å². The van der Waals surface area contributed by atoms with Crippen LogP contribution in [0, 0.1) is 11.2 Å². The first-order valence-corrected chi connectivity index (χ1v) is 7.33. The highest BCUT2D eigenvalue weighted by Gasteiger charge is 2.54. The topological polar surface area (TPSA) is 147 Å². The van der Waals surface area contributed by atoms with Crippen LogP contribution in [0.5, 0.6) is 6.01 Å². The van der Waals surface area contributed by atoms with Gasteiger partial charge in [0.2, 0.25) is 0 Å². The molecule has 4 N–H and O–H groups in total. The molecule has 1 aromatic rings. The Kier molecular flexibility index (Phi) is 3.35. The largest absolute Gasteiger partial charge is 0.470 e. The average Bonchev–Trinajstić information content (AvgIpc) is 2.86. The molecular weight excluding hydrogens is 312 g/mol. The number of aromatic nitrogens is 2. The number of aliphatic hydroxyl groups excluding tert-OH is 1. The predicted molar refractivity (Wildman–Crippen MR) is 60.4 cm³/mol. The van der Waals surface area contributed by atoms with Gasteiger partial charge in [-0.3, -0.25) is 14.5 Å². The maximum Gasteiger partial charge on any atom is 0.470 e. The molecule has 10 nitrogen and oxygen atoms in total. The van der Waals surface area contributed by atoms with E-state index in [9.17, 15) is 14.1 Å². The number of nitrogens with zero attached hydrogens (tertiary/aromatic N) is 2. The second-order valence-corrected chi connectivity index (χ2v) is 5.71. The van der Waals surface area contributed by atoms with Crippen LogP contribution in [0.3, 0.4) is 0 Å². The van der Waals surface area contributed by atoms with Gasteiger partial charge in [-0.2, -0.15) is 4.98 Å². The van der Waals surface area contributed by atoms with E-state index in [0.29, 0.717) is 0 Å². The van der Waals surface area contributed by atoms with Crippen molar-refractivity contribution in [2.24, 2.45) is 0 Å². The lowest BCUT2D eigenvalue weighted by Gasteiger charge is -2.20. The average molecular weight is 323 g/mol. The van der Waals surface area contributed by atoms with E-state index in [4.69, 9.17) is 24.7 Å². The standard InChI is InChI=1S/C9H11FN3O7P/c10-3-1-13-8-6(19-9(13)12-7(3)11)5(4(2-14)18-8)20-21(15,16)17/h1,4-6,8,11,14H,2H2,(H2,15,16,17)/t4-,5-,6-,8-/m1/s1. The number of phosphoric acid groups is 1. The van der Waals surface area contributed by atoms with E-state index in [1.165, 1.54) is 0 Å². The Morgan fingerprint density at radius 2 is 2.29 bits per heavy atom. The fraction of sp³-hybridized carbons (Fsp3) is 0.556. The number of hydrogen-bond acceptors (Lipinski definition) is 7. The number of hydrogen-bond donors (Lipinski definition) is 4. The van der Waals surface area contributed by atoms with Crippen LogP contribution in [-0.2, 0) is 13.8 Å². The lowest BCUT2D eigenvalue weighted by Crippen LogP contribution is -2.37. The summed E-state index contributed by atoms with van der Waals surface area (Å²) in [5.41, 5.74) is -0.632. The van der Waals surface area contributed by atoms with E-state index in [1.807, 2.05) is 0 Å². The number of fused-ring (bicyclic) bond motifs is 3. The van der Waals surface area contributed by atoms with Crippen molar-refractivity contribution in [1.29, 1.82) is 5.41 Å². The molecule has 0 bridgehead atoms. The number of phosphoric ester groups is 1. The number of ether oxygens (including phenoxy) is 2. The summed E-state index contributed by atoms with van der Waals surface area (Å²) in [6.07, 6.45) is -3.37. The third-order valence-electron chi connectivity index (χ3n) is 3.15. The molecule has 2 aliphatic heterocycles. The van der Waals surface area contributed by atoms with Gasteiger partial charge in [-0.15, -0.1) is 0 Å². The normalized spacial score (nSPS) is 30.9. The molecule has 3 rings (SSSR count). The molecule has 2 aliphatic rings. The zero-order valence-electron chi connectivity index (χ0n) is 10.3. The van der Waals surface area contributed by atoms with Gasteiger partial charge in [0.25, 0.3) is 0 Å². The second-order valence-electron chi connectivity index (χ2n) is 4.52. The molecule has 1 fully saturated rings. The summed E-state index contributed by atoms with van der Waals surface area (Å²) in [7, 11) is -4.84. The molecule has 0 aliphatic carbocycles. The van der Waals surface area contributed by atoms with Gasteiger partial charge in [0.15, 0.2) is 23.6 Å². The summed E-state index contributed by atoms with van der Waals surface area (Å²) in [6.45, 7) is -0.566. The van der Waals surface area contributed by atoms with E-state index in [-0.39, 0.29) is 6.01 Å². The summed E-state index contributed by atoms with van der Waals surface area (Å²) >= 11 is 0. The summed E-state index contributed by atoms with van der Waals surface area (Å²) in [4.78, 5) is 21.4. The zero-order chi connectivity index (χ0) is 15.4. The molecule has 21 heavy (non-hydrogen) atoms. The highest BCUT2D eigenvalue weighted by atomic mass is 31.2. The fourth-order valence-corrected chi connectivity index (χ4v) is 2.90. The summed E-state index contributed by atoms with van der Waals surface area (Å²) < 4.78 is 40.8. The third-order valence-corrected chi connectivity index (χ3v) is 3.67. The van der Waals surface area contributed by atoms with Gasteiger partial charge in [0.1, 0.15) is 12.2 Å². The minimum atomic E-state index is -4.84. The molecule has 4 atom stereocenters. The molecule has 116 valence electrons. The summed E-state index contributed by atoms with van der Waals surface area (Å²) in [5, 5.41) is 16.4. The van der Waals surface area contributed by atoms with Gasteiger partial charge >= 0.3 is 13.8 Å². The smallest absolute Gasteiger partial charge is 0.453 e. The fourth-order valence-electron chi connectivity index (χ4n) is 2.33. The Balaban J connectivity index is 1.95. The van der Waals surface area contributed by atoms with Gasteiger partial charge in [0.05, 0.1) is 12.8 Å². The van der Waals surface area contributed by atoms with E-state index in [1.54, 1.807) is 0 Å². The van der Waals surface area contributed by atoms with Crippen LogP contribution in [0.4, 0.5) is 4.39 Å². The Hall–Kier alpha value is -1.36. The maximum absolute atomic E-state index is 13.4. The van der Waals surface area contributed by atoms with E-state index < -0.39 is 50.3 Å². The lowest BCUT2D eigenvalue weighted by atomic mass is 10.1. The van der Waals surface area contributed by atoms with Gasteiger partial charge in [-0.25, -0.2) is 8.96 Å². The number of nitrogens with one attached hydrogen (secondary N) is 1. The van der Waals surface area contributed by atoms with E-state index in [0.717, 1.165) is 10.8 Å². The Labute approximate surface area is 116 Å². The highest BCUT2D eigenvalue weighted by molar-refractivity contribution is 7.46. The van der Waals surface area contributed by atoms with Crippen molar-refractivity contribution in [3.05, 3.63) is 17.5 Å².